The fourth-order valence-electron chi connectivity index (χ4n) is 3.15. The number of pyridine rings is 1. The topological polar surface area (TPSA) is 84.3 Å². The van der Waals surface area contributed by atoms with Crippen molar-refractivity contribution in [1.29, 1.82) is 0 Å². The van der Waals surface area contributed by atoms with E-state index in [1.54, 1.807) is 17.1 Å². The van der Waals surface area contributed by atoms with Crippen LogP contribution in [0, 0.1) is 6.92 Å². The molecule has 1 aliphatic rings. The second-order valence-corrected chi connectivity index (χ2v) is 6.50. The molecular formula is C20H22N6O2. The molecule has 3 aromatic rings. The van der Waals surface area contributed by atoms with Crippen molar-refractivity contribution in [3.05, 3.63) is 60.6 Å². The Balaban J connectivity index is 1.46. The van der Waals surface area contributed by atoms with Gasteiger partial charge in [0.1, 0.15) is 0 Å². The molecule has 0 atom stereocenters. The Labute approximate surface area is 163 Å². The van der Waals surface area contributed by atoms with Gasteiger partial charge in [-0.2, -0.15) is 5.10 Å². The molecule has 0 bridgehead atoms. The number of ether oxygens (including phenoxy) is 1. The quantitative estimate of drug-likeness (QED) is 0.729. The summed E-state index contributed by atoms with van der Waals surface area (Å²) in [5, 5.41) is 10.0. The summed E-state index contributed by atoms with van der Waals surface area (Å²) in [6.07, 6.45) is 5.34. The first kappa shape index (κ1) is 18.0. The van der Waals surface area contributed by atoms with Crippen molar-refractivity contribution >= 4 is 23.2 Å². The monoisotopic (exact) mass is 378 g/mol. The summed E-state index contributed by atoms with van der Waals surface area (Å²) in [4.78, 5) is 19.1. The van der Waals surface area contributed by atoms with Crippen LogP contribution in [0.3, 0.4) is 0 Å². The van der Waals surface area contributed by atoms with E-state index in [0.29, 0.717) is 18.9 Å². The average Bonchev–Trinajstić information content (AvgIpc) is 3.25. The molecule has 1 aromatic carbocycles. The van der Waals surface area contributed by atoms with Crippen LogP contribution in [0.4, 0.5) is 22.0 Å². The van der Waals surface area contributed by atoms with Crippen molar-refractivity contribution in [2.45, 2.75) is 6.92 Å². The number of anilines is 3. The highest BCUT2D eigenvalue weighted by molar-refractivity contribution is 6.01. The maximum absolute atomic E-state index is 12.6. The lowest BCUT2D eigenvalue weighted by Gasteiger charge is -2.29. The molecule has 0 radical (unpaired) electrons. The molecule has 0 spiro atoms. The maximum atomic E-state index is 12.6. The molecule has 4 rings (SSSR count). The van der Waals surface area contributed by atoms with Crippen LogP contribution in [0.1, 0.15) is 5.56 Å². The number of aromatic nitrogens is 3. The van der Waals surface area contributed by atoms with Crippen LogP contribution in [0.25, 0.3) is 5.69 Å². The van der Waals surface area contributed by atoms with Crippen molar-refractivity contribution in [1.82, 2.24) is 14.8 Å². The van der Waals surface area contributed by atoms with E-state index in [1.807, 2.05) is 49.5 Å². The molecule has 0 aliphatic carbocycles. The molecule has 28 heavy (non-hydrogen) atoms. The third-order valence-electron chi connectivity index (χ3n) is 4.57. The van der Waals surface area contributed by atoms with E-state index in [2.05, 4.69) is 25.6 Å². The van der Waals surface area contributed by atoms with Gasteiger partial charge in [0, 0.05) is 37.4 Å². The summed E-state index contributed by atoms with van der Waals surface area (Å²) in [7, 11) is 0. The number of morpholine rings is 1. The van der Waals surface area contributed by atoms with Crippen LogP contribution in [0.5, 0.6) is 0 Å². The van der Waals surface area contributed by atoms with Gasteiger partial charge < -0.3 is 20.3 Å². The lowest BCUT2D eigenvalue weighted by Crippen LogP contribution is -2.37. The van der Waals surface area contributed by atoms with Gasteiger partial charge in [-0.1, -0.05) is 0 Å². The van der Waals surface area contributed by atoms with Crippen molar-refractivity contribution in [3.8, 4) is 5.69 Å². The zero-order valence-electron chi connectivity index (χ0n) is 15.6. The van der Waals surface area contributed by atoms with Gasteiger partial charge in [0.15, 0.2) is 5.82 Å². The van der Waals surface area contributed by atoms with E-state index in [-0.39, 0.29) is 6.03 Å². The van der Waals surface area contributed by atoms with Crippen molar-refractivity contribution in [2.75, 3.05) is 41.8 Å². The molecular weight excluding hydrogens is 356 g/mol. The Morgan fingerprint density at radius 3 is 2.64 bits per heavy atom. The number of hydrogen-bond acceptors (Lipinski definition) is 5. The van der Waals surface area contributed by atoms with Crippen LogP contribution < -0.4 is 15.5 Å². The molecule has 1 aliphatic heterocycles. The van der Waals surface area contributed by atoms with Gasteiger partial charge >= 0.3 is 6.03 Å². The number of amides is 2. The molecule has 1 saturated heterocycles. The minimum Gasteiger partial charge on any atom is -0.378 e. The highest BCUT2D eigenvalue weighted by Gasteiger charge is 2.17. The Morgan fingerprint density at radius 1 is 1.07 bits per heavy atom. The standard InChI is InChI=1S/C20H22N6O2/c1-15-14-16(26-9-3-8-22-26)5-6-17(15)23-20(27)24-18-4-2-7-21-19(18)25-10-12-28-13-11-25/h2-9,14H,10-13H2,1H3,(H2,23,24,27). The van der Waals surface area contributed by atoms with Gasteiger partial charge in [-0.05, 0) is 48.9 Å². The number of aryl methyl sites for hydroxylation is 1. The minimum atomic E-state index is -0.308. The number of hydrogen-bond donors (Lipinski definition) is 2. The van der Waals surface area contributed by atoms with Crippen molar-refractivity contribution in [2.24, 2.45) is 0 Å². The smallest absolute Gasteiger partial charge is 0.323 e. The summed E-state index contributed by atoms with van der Waals surface area (Å²) in [5.41, 5.74) is 3.30. The second kappa shape index (κ2) is 8.10. The van der Waals surface area contributed by atoms with E-state index >= 15 is 0 Å². The van der Waals surface area contributed by atoms with Gasteiger partial charge in [0.05, 0.1) is 24.6 Å². The number of nitrogens with one attached hydrogen (secondary N) is 2. The number of carbonyl (C=O) groups excluding carboxylic acids is 1. The normalized spacial score (nSPS) is 14.0. The van der Waals surface area contributed by atoms with Crippen molar-refractivity contribution in [3.63, 3.8) is 0 Å². The molecule has 3 heterocycles. The van der Waals surface area contributed by atoms with E-state index in [4.69, 9.17) is 4.74 Å². The van der Waals surface area contributed by atoms with E-state index in [1.165, 1.54) is 0 Å². The summed E-state index contributed by atoms with van der Waals surface area (Å²) in [5.74, 6) is 0.756. The first-order valence-electron chi connectivity index (χ1n) is 9.17. The first-order chi connectivity index (χ1) is 13.7. The number of nitrogens with zero attached hydrogens (tertiary/aromatic N) is 4. The van der Waals surface area contributed by atoms with Crippen molar-refractivity contribution < 1.29 is 9.53 Å². The number of urea groups is 1. The van der Waals surface area contributed by atoms with Gasteiger partial charge in [0.2, 0.25) is 0 Å². The van der Waals surface area contributed by atoms with Crippen LogP contribution in [-0.4, -0.2) is 47.1 Å². The second-order valence-electron chi connectivity index (χ2n) is 6.50. The van der Waals surface area contributed by atoms with E-state index in [9.17, 15) is 4.79 Å². The summed E-state index contributed by atoms with van der Waals surface area (Å²) in [6.45, 7) is 4.77. The zero-order chi connectivity index (χ0) is 19.3. The molecule has 2 N–H and O–H groups in total. The Kier molecular flexibility index (Phi) is 5.20. The van der Waals surface area contributed by atoms with Crippen LogP contribution >= 0.6 is 0 Å². The fraction of sp³-hybridized carbons (Fsp3) is 0.250. The molecule has 1 fully saturated rings. The third-order valence-corrected chi connectivity index (χ3v) is 4.57. The fourth-order valence-corrected chi connectivity index (χ4v) is 3.15. The SMILES string of the molecule is Cc1cc(-n2cccn2)ccc1NC(=O)Nc1cccnc1N1CCOCC1. The number of carbonyl (C=O) groups is 1. The molecule has 2 aromatic heterocycles. The summed E-state index contributed by atoms with van der Waals surface area (Å²) >= 11 is 0. The average molecular weight is 378 g/mol. The highest BCUT2D eigenvalue weighted by atomic mass is 16.5. The predicted octanol–water partition coefficient (Wildman–Crippen LogP) is 3.06. The Bertz CT molecular complexity index is 951. The minimum absolute atomic E-state index is 0.308. The molecule has 0 saturated carbocycles. The lowest BCUT2D eigenvalue weighted by molar-refractivity contribution is 0.122. The highest BCUT2D eigenvalue weighted by Crippen LogP contribution is 2.24. The lowest BCUT2D eigenvalue weighted by atomic mass is 10.2. The van der Waals surface area contributed by atoms with Gasteiger partial charge in [-0.3, -0.25) is 0 Å². The Morgan fingerprint density at radius 2 is 1.89 bits per heavy atom. The molecule has 8 heteroatoms. The molecule has 8 nitrogen and oxygen atoms in total. The molecule has 2 amide bonds. The van der Waals surface area contributed by atoms with Gasteiger partial charge in [-0.15, -0.1) is 0 Å². The Hall–Kier alpha value is -3.39. The van der Waals surface area contributed by atoms with E-state index in [0.717, 1.165) is 35.8 Å². The predicted molar refractivity (Wildman–Crippen MR) is 108 cm³/mol. The zero-order valence-corrected chi connectivity index (χ0v) is 15.6. The summed E-state index contributed by atoms with van der Waals surface area (Å²) in [6, 6.07) is 11.0. The molecule has 144 valence electrons. The van der Waals surface area contributed by atoms with Crippen LogP contribution in [0.15, 0.2) is 55.0 Å². The largest absolute Gasteiger partial charge is 0.378 e. The number of benzene rings is 1. The van der Waals surface area contributed by atoms with Crippen LogP contribution in [0.2, 0.25) is 0 Å². The molecule has 0 unspecified atom stereocenters. The summed E-state index contributed by atoms with van der Waals surface area (Å²) < 4.78 is 7.17. The van der Waals surface area contributed by atoms with Gasteiger partial charge in [0.25, 0.3) is 0 Å². The third kappa shape index (κ3) is 3.96. The number of rotatable bonds is 4. The van der Waals surface area contributed by atoms with Gasteiger partial charge in [-0.25, -0.2) is 14.5 Å². The van der Waals surface area contributed by atoms with Crippen LogP contribution in [-0.2, 0) is 4.74 Å². The first-order valence-corrected chi connectivity index (χ1v) is 9.17. The maximum Gasteiger partial charge on any atom is 0.323 e. The van der Waals surface area contributed by atoms with E-state index < -0.39 is 0 Å².